The van der Waals surface area contributed by atoms with Crippen molar-refractivity contribution in [2.24, 2.45) is 5.92 Å². The van der Waals surface area contributed by atoms with Gasteiger partial charge in [0.2, 0.25) is 5.91 Å². The molecule has 0 saturated carbocycles. The zero-order chi connectivity index (χ0) is 17.6. The van der Waals surface area contributed by atoms with Gasteiger partial charge in [0.25, 0.3) is 10.0 Å². The lowest BCUT2D eigenvalue weighted by Crippen LogP contribution is -2.43. The predicted octanol–water partition coefficient (Wildman–Crippen LogP) is 2.45. The first-order valence-corrected chi connectivity index (χ1v) is 11.1. The molecule has 0 aromatic carbocycles. The molecular formula is C15H23BrN2O4S2. The van der Waals surface area contributed by atoms with Gasteiger partial charge in [-0.1, -0.05) is 0 Å². The smallest absolute Gasteiger partial charge is 0.252 e. The molecule has 1 aromatic rings. The molecule has 1 aliphatic rings. The highest BCUT2D eigenvalue weighted by Crippen LogP contribution is 2.30. The third kappa shape index (κ3) is 5.26. The van der Waals surface area contributed by atoms with E-state index in [1.54, 1.807) is 12.1 Å². The minimum absolute atomic E-state index is 0.0161. The maximum absolute atomic E-state index is 12.6. The molecular weight excluding hydrogens is 416 g/mol. The molecule has 1 aromatic heterocycles. The van der Waals surface area contributed by atoms with Gasteiger partial charge >= 0.3 is 0 Å². The lowest BCUT2D eigenvalue weighted by molar-refractivity contribution is -0.126. The van der Waals surface area contributed by atoms with Crippen LogP contribution in [-0.4, -0.2) is 51.5 Å². The molecule has 1 saturated heterocycles. The Bertz CT molecular complexity index is 640. The van der Waals surface area contributed by atoms with Crippen LogP contribution in [-0.2, 0) is 19.6 Å². The van der Waals surface area contributed by atoms with E-state index in [-0.39, 0.29) is 11.8 Å². The van der Waals surface area contributed by atoms with Gasteiger partial charge in [-0.25, -0.2) is 8.42 Å². The molecule has 2 rings (SSSR count). The van der Waals surface area contributed by atoms with Crippen LogP contribution in [0.1, 0.15) is 26.2 Å². The number of nitrogens with one attached hydrogen (secondary N) is 1. The Morgan fingerprint density at radius 1 is 1.42 bits per heavy atom. The Kier molecular flexibility index (Phi) is 7.67. The average molecular weight is 439 g/mol. The number of piperidine rings is 1. The van der Waals surface area contributed by atoms with Crippen LogP contribution in [0, 0.1) is 5.92 Å². The molecule has 1 fully saturated rings. The normalized spacial score (nSPS) is 17.1. The van der Waals surface area contributed by atoms with Crippen molar-refractivity contribution in [1.29, 1.82) is 0 Å². The van der Waals surface area contributed by atoms with Crippen molar-refractivity contribution in [3.05, 3.63) is 15.9 Å². The van der Waals surface area contributed by atoms with Gasteiger partial charge in [0, 0.05) is 38.8 Å². The topological polar surface area (TPSA) is 75.7 Å². The van der Waals surface area contributed by atoms with Crippen LogP contribution in [0.5, 0.6) is 0 Å². The Morgan fingerprint density at radius 3 is 2.71 bits per heavy atom. The molecule has 9 heteroatoms. The van der Waals surface area contributed by atoms with Crippen molar-refractivity contribution in [3.8, 4) is 0 Å². The first-order valence-electron chi connectivity index (χ1n) is 8.06. The number of ether oxygens (including phenoxy) is 1. The summed E-state index contributed by atoms with van der Waals surface area (Å²) in [6, 6.07) is 3.35. The van der Waals surface area contributed by atoms with Gasteiger partial charge in [-0.2, -0.15) is 4.31 Å². The second kappa shape index (κ2) is 9.28. The van der Waals surface area contributed by atoms with Crippen LogP contribution < -0.4 is 5.32 Å². The highest BCUT2D eigenvalue weighted by Gasteiger charge is 2.32. The number of thiophene rings is 1. The Morgan fingerprint density at radius 2 is 2.12 bits per heavy atom. The zero-order valence-electron chi connectivity index (χ0n) is 13.7. The molecule has 2 heterocycles. The Labute approximate surface area is 155 Å². The van der Waals surface area contributed by atoms with Crippen LogP contribution in [0.25, 0.3) is 0 Å². The summed E-state index contributed by atoms with van der Waals surface area (Å²) >= 11 is 4.50. The van der Waals surface area contributed by atoms with Crippen molar-refractivity contribution in [2.45, 2.75) is 30.4 Å². The minimum Gasteiger partial charge on any atom is -0.382 e. The number of carbonyl (C=O) groups is 1. The van der Waals surface area contributed by atoms with Crippen molar-refractivity contribution < 1.29 is 17.9 Å². The molecule has 6 nitrogen and oxygen atoms in total. The molecule has 1 amide bonds. The van der Waals surface area contributed by atoms with E-state index in [1.807, 2.05) is 6.92 Å². The number of nitrogens with zero attached hydrogens (tertiary/aromatic N) is 1. The van der Waals surface area contributed by atoms with E-state index in [4.69, 9.17) is 4.74 Å². The quantitative estimate of drug-likeness (QED) is 0.632. The van der Waals surface area contributed by atoms with E-state index >= 15 is 0 Å². The largest absolute Gasteiger partial charge is 0.382 e. The summed E-state index contributed by atoms with van der Waals surface area (Å²) in [6.45, 7) is 4.63. The summed E-state index contributed by atoms with van der Waals surface area (Å²) in [6.07, 6.45) is 1.91. The SMILES string of the molecule is CCOCCCNC(=O)C1CCN(S(=O)(=O)c2ccc(Br)s2)CC1. The summed E-state index contributed by atoms with van der Waals surface area (Å²) in [5.74, 6) is -0.0963. The van der Waals surface area contributed by atoms with E-state index in [1.165, 1.54) is 15.6 Å². The van der Waals surface area contributed by atoms with Crippen LogP contribution in [0.3, 0.4) is 0 Å². The van der Waals surface area contributed by atoms with Gasteiger partial charge < -0.3 is 10.1 Å². The number of hydrogen-bond acceptors (Lipinski definition) is 5. The minimum atomic E-state index is -3.44. The number of sulfonamides is 1. The van der Waals surface area contributed by atoms with E-state index in [9.17, 15) is 13.2 Å². The highest BCUT2D eigenvalue weighted by atomic mass is 79.9. The standard InChI is InChI=1S/C15H23BrN2O4S2/c1-2-22-11-3-8-17-15(19)12-6-9-18(10-7-12)24(20,21)14-5-4-13(16)23-14/h4-5,12H,2-3,6-11H2,1H3,(H,17,19). The Balaban J connectivity index is 1.79. The molecule has 136 valence electrons. The maximum Gasteiger partial charge on any atom is 0.252 e. The van der Waals surface area contributed by atoms with Crippen LogP contribution in [0.15, 0.2) is 20.1 Å². The Hall–Kier alpha value is -0.480. The van der Waals surface area contributed by atoms with Gasteiger partial charge in [0.1, 0.15) is 4.21 Å². The fourth-order valence-electron chi connectivity index (χ4n) is 2.60. The lowest BCUT2D eigenvalue weighted by atomic mass is 9.97. The summed E-state index contributed by atoms with van der Waals surface area (Å²) in [7, 11) is -3.44. The second-order valence-electron chi connectivity index (χ2n) is 5.58. The van der Waals surface area contributed by atoms with Crippen molar-refractivity contribution in [1.82, 2.24) is 9.62 Å². The van der Waals surface area contributed by atoms with Crippen LogP contribution in [0.4, 0.5) is 0 Å². The van der Waals surface area contributed by atoms with Crippen molar-refractivity contribution >= 4 is 43.2 Å². The lowest BCUT2D eigenvalue weighted by Gasteiger charge is -2.30. The van der Waals surface area contributed by atoms with Crippen molar-refractivity contribution in [3.63, 3.8) is 0 Å². The van der Waals surface area contributed by atoms with Gasteiger partial charge in [-0.15, -0.1) is 11.3 Å². The van der Waals surface area contributed by atoms with Crippen LogP contribution in [0.2, 0.25) is 0 Å². The van der Waals surface area contributed by atoms with Crippen LogP contribution >= 0.6 is 27.3 Å². The fourth-order valence-corrected chi connectivity index (χ4v) is 6.23. The van der Waals surface area contributed by atoms with Gasteiger partial charge in [-0.3, -0.25) is 4.79 Å². The molecule has 0 unspecified atom stereocenters. The van der Waals surface area contributed by atoms with Gasteiger partial charge in [-0.05, 0) is 54.2 Å². The van der Waals surface area contributed by atoms with E-state index < -0.39 is 10.0 Å². The number of carbonyl (C=O) groups excluding carboxylic acids is 1. The van der Waals surface area contributed by atoms with E-state index in [0.29, 0.717) is 49.9 Å². The highest BCUT2D eigenvalue weighted by molar-refractivity contribution is 9.11. The summed E-state index contributed by atoms with van der Waals surface area (Å²) in [4.78, 5) is 12.1. The summed E-state index contributed by atoms with van der Waals surface area (Å²) < 4.78 is 32.9. The number of rotatable bonds is 8. The third-order valence-electron chi connectivity index (χ3n) is 3.94. The molecule has 1 aliphatic heterocycles. The number of halogens is 1. The average Bonchev–Trinajstić information content (AvgIpc) is 3.02. The molecule has 0 atom stereocenters. The zero-order valence-corrected chi connectivity index (χ0v) is 16.9. The van der Waals surface area contributed by atoms with Gasteiger partial charge in [0.15, 0.2) is 0 Å². The molecule has 0 radical (unpaired) electrons. The molecule has 1 N–H and O–H groups in total. The molecule has 24 heavy (non-hydrogen) atoms. The van der Waals surface area contributed by atoms with Crippen molar-refractivity contribution in [2.75, 3.05) is 32.8 Å². The summed E-state index contributed by atoms with van der Waals surface area (Å²) in [5.41, 5.74) is 0. The first-order chi connectivity index (χ1) is 11.4. The first kappa shape index (κ1) is 19.8. The van der Waals surface area contributed by atoms with E-state index in [2.05, 4.69) is 21.2 Å². The number of amides is 1. The number of hydrogen-bond donors (Lipinski definition) is 1. The predicted molar refractivity (Wildman–Crippen MR) is 97.6 cm³/mol. The molecule has 0 bridgehead atoms. The van der Waals surface area contributed by atoms with Gasteiger partial charge in [0.05, 0.1) is 3.79 Å². The monoisotopic (exact) mass is 438 g/mol. The fraction of sp³-hybridized carbons (Fsp3) is 0.667. The molecule has 0 spiro atoms. The second-order valence-corrected chi connectivity index (χ2v) is 10.2. The summed E-state index contributed by atoms with van der Waals surface area (Å²) in [5, 5.41) is 2.91. The maximum atomic E-state index is 12.6. The van der Waals surface area contributed by atoms with E-state index in [0.717, 1.165) is 10.2 Å². The third-order valence-corrected chi connectivity index (χ3v) is 7.93. The molecule has 0 aliphatic carbocycles.